The first kappa shape index (κ1) is 32.9. The van der Waals surface area contributed by atoms with Crippen molar-refractivity contribution in [2.24, 2.45) is 17.7 Å². The van der Waals surface area contributed by atoms with Gasteiger partial charge in [0.1, 0.15) is 12.6 Å². The van der Waals surface area contributed by atoms with E-state index < -0.39 is 12.0 Å². The highest BCUT2D eigenvalue weighted by atomic mass is 17.3. The molecular formula is C35H48N4O6. The third kappa shape index (κ3) is 8.64. The maximum Gasteiger partial charge on any atom is 0.410 e. The number of piperidine rings is 1. The van der Waals surface area contributed by atoms with Crippen LogP contribution in [0.2, 0.25) is 0 Å². The normalized spacial score (nSPS) is 22.5. The fourth-order valence-corrected chi connectivity index (χ4v) is 7.68. The molecule has 3 fully saturated rings. The van der Waals surface area contributed by atoms with Crippen LogP contribution in [0, 0.1) is 11.8 Å². The summed E-state index contributed by atoms with van der Waals surface area (Å²) < 4.78 is 5.67. The molecule has 2 aliphatic heterocycles. The van der Waals surface area contributed by atoms with Crippen LogP contribution in [0.25, 0.3) is 0 Å². The molecule has 0 spiro atoms. The quantitative estimate of drug-likeness (QED) is 0.177. The van der Waals surface area contributed by atoms with Gasteiger partial charge in [-0.1, -0.05) is 72.8 Å². The number of ether oxygens (including phenoxy) is 1. The Bertz CT molecular complexity index is 1230. The lowest BCUT2D eigenvalue weighted by molar-refractivity contribution is -0.211. The van der Waals surface area contributed by atoms with Gasteiger partial charge in [-0.05, 0) is 60.8 Å². The first-order chi connectivity index (χ1) is 22.0. The molecule has 0 aromatic heterocycles. The number of rotatable bonds is 13. The van der Waals surface area contributed by atoms with Gasteiger partial charge in [-0.3, -0.25) is 9.69 Å². The van der Waals surface area contributed by atoms with Crippen molar-refractivity contribution in [1.82, 2.24) is 14.7 Å². The van der Waals surface area contributed by atoms with E-state index in [0.29, 0.717) is 24.1 Å². The molecule has 2 aromatic rings. The highest BCUT2D eigenvalue weighted by Gasteiger charge is 2.43. The second-order valence-electron chi connectivity index (χ2n) is 12.8. The molecule has 0 bridgehead atoms. The third-order valence-electron chi connectivity index (χ3n) is 9.92. The standard InChI is InChI=1S/C35H48N4O6/c1-2-19-39(35(42)43-25-26-13-15-31(16-14-26)44-45-36)30-17-20-37(21-18-30)22-29-23-38(24-32(29)27-9-5-3-6-10-27)33(34(40)41)28-11-7-4-8-12-28/h2-3,5-6,9-10,13-16,28-30,32-33H,1,4,7-8,11-12,17-25,36H2,(H,40,41). The Kier molecular flexibility index (Phi) is 11.9. The van der Waals surface area contributed by atoms with Gasteiger partial charge in [0, 0.05) is 51.2 Å². The summed E-state index contributed by atoms with van der Waals surface area (Å²) in [6.07, 6.45) is 8.59. The van der Waals surface area contributed by atoms with E-state index in [9.17, 15) is 14.7 Å². The molecular weight excluding hydrogens is 572 g/mol. The Morgan fingerprint density at radius 1 is 1.00 bits per heavy atom. The van der Waals surface area contributed by atoms with Crippen LogP contribution in [0.3, 0.4) is 0 Å². The van der Waals surface area contributed by atoms with Crippen molar-refractivity contribution in [3.63, 3.8) is 0 Å². The van der Waals surface area contributed by atoms with Crippen LogP contribution in [0.1, 0.15) is 62.0 Å². The van der Waals surface area contributed by atoms with E-state index in [1.807, 2.05) is 6.07 Å². The lowest BCUT2D eigenvalue weighted by Gasteiger charge is -2.39. The zero-order chi connectivity index (χ0) is 31.6. The van der Waals surface area contributed by atoms with Gasteiger partial charge in [0.15, 0.2) is 5.75 Å². The van der Waals surface area contributed by atoms with Crippen LogP contribution in [0.15, 0.2) is 67.3 Å². The molecule has 2 heterocycles. The Labute approximate surface area is 266 Å². The first-order valence-corrected chi connectivity index (χ1v) is 16.4. The second-order valence-corrected chi connectivity index (χ2v) is 12.8. The summed E-state index contributed by atoms with van der Waals surface area (Å²) in [5, 5.41) is 10.3. The van der Waals surface area contributed by atoms with Gasteiger partial charge in [0.05, 0.1) is 0 Å². The number of nitrogens with zero attached hydrogens (tertiary/aromatic N) is 3. The molecule has 2 aromatic carbocycles. The fourth-order valence-electron chi connectivity index (χ4n) is 7.68. The van der Waals surface area contributed by atoms with Crippen molar-refractivity contribution in [2.45, 2.75) is 69.6 Å². The molecule has 1 saturated carbocycles. The Morgan fingerprint density at radius 3 is 2.36 bits per heavy atom. The van der Waals surface area contributed by atoms with Crippen LogP contribution in [0.5, 0.6) is 5.75 Å². The number of carbonyl (C=O) groups excluding carboxylic acids is 1. The minimum atomic E-state index is -0.670. The number of hydrogen-bond acceptors (Lipinski definition) is 8. The highest BCUT2D eigenvalue weighted by Crippen LogP contribution is 2.38. The fraction of sp³-hybridized carbons (Fsp3) is 0.543. The molecule has 0 radical (unpaired) electrons. The van der Waals surface area contributed by atoms with Crippen molar-refractivity contribution < 1.29 is 29.3 Å². The highest BCUT2D eigenvalue weighted by molar-refractivity contribution is 5.74. The molecule has 1 amide bonds. The van der Waals surface area contributed by atoms with E-state index in [-0.39, 0.29) is 24.7 Å². The zero-order valence-corrected chi connectivity index (χ0v) is 26.2. The average Bonchev–Trinajstić information content (AvgIpc) is 3.47. The molecule has 244 valence electrons. The second kappa shape index (κ2) is 16.2. The molecule has 10 heteroatoms. The summed E-state index contributed by atoms with van der Waals surface area (Å²) >= 11 is 0. The SMILES string of the molecule is C=CCN(C(=O)OCc1ccc(OON)cc1)C1CCN(CC2CN(C(C(=O)O)C3CCCCC3)CC2c2ccccc2)CC1. The predicted molar refractivity (Wildman–Crippen MR) is 171 cm³/mol. The van der Waals surface area contributed by atoms with Crippen LogP contribution in [-0.4, -0.2) is 83.2 Å². The average molecular weight is 621 g/mol. The third-order valence-corrected chi connectivity index (χ3v) is 9.92. The Morgan fingerprint density at radius 2 is 1.71 bits per heavy atom. The lowest BCUT2D eigenvalue weighted by Crippen LogP contribution is -2.49. The van der Waals surface area contributed by atoms with Gasteiger partial charge in [-0.2, -0.15) is 5.90 Å². The number of nitrogens with two attached hydrogens (primary N) is 1. The van der Waals surface area contributed by atoms with Crippen molar-refractivity contribution in [1.29, 1.82) is 0 Å². The van der Waals surface area contributed by atoms with Gasteiger partial charge in [0.2, 0.25) is 0 Å². The number of hydrogen-bond donors (Lipinski definition) is 2. The lowest BCUT2D eigenvalue weighted by atomic mass is 9.83. The minimum absolute atomic E-state index is 0.0666. The molecule has 45 heavy (non-hydrogen) atoms. The maximum atomic E-state index is 13.1. The number of carboxylic acids is 1. The first-order valence-electron chi connectivity index (χ1n) is 16.4. The predicted octanol–water partition coefficient (Wildman–Crippen LogP) is 5.21. The summed E-state index contributed by atoms with van der Waals surface area (Å²) in [6, 6.07) is 17.2. The summed E-state index contributed by atoms with van der Waals surface area (Å²) in [5.41, 5.74) is 2.12. The van der Waals surface area contributed by atoms with Gasteiger partial charge in [0.25, 0.3) is 0 Å². The molecule has 3 aliphatic rings. The Balaban J connectivity index is 1.18. The molecule has 3 atom stereocenters. The summed E-state index contributed by atoms with van der Waals surface area (Å²) in [7, 11) is 0. The number of amides is 1. The number of likely N-dealkylation sites (tertiary alicyclic amines) is 2. The van der Waals surface area contributed by atoms with E-state index in [4.69, 9.17) is 15.5 Å². The molecule has 3 N–H and O–H groups in total. The van der Waals surface area contributed by atoms with Crippen LogP contribution >= 0.6 is 0 Å². The van der Waals surface area contributed by atoms with Gasteiger partial charge in [-0.15, -0.1) is 6.58 Å². The van der Waals surface area contributed by atoms with Gasteiger partial charge in [-0.25, -0.2) is 4.79 Å². The molecule has 1 aliphatic carbocycles. The number of benzene rings is 2. The van der Waals surface area contributed by atoms with E-state index >= 15 is 0 Å². The van der Waals surface area contributed by atoms with E-state index in [1.165, 1.54) is 12.0 Å². The molecule has 2 saturated heterocycles. The molecule has 5 rings (SSSR count). The van der Waals surface area contributed by atoms with Crippen LogP contribution in [-0.2, 0) is 21.1 Å². The van der Waals surface area contributed by atoms with Crippen molar-refractivity contribution in [2.75, 3.05) is 39.3 Å². The monoisotopic (exact) mass is 620 g/mol. The van der Waals surface area contributed by atoms with Crippen molar-refractivity contribution in [3.05, 3.63) is 78.4 Å². The topological polar surface area (TPSA) is 118 Å². The van der Waals surface area contributed by atoms with E-state index in [0.717, 1.165) is 76.8 Å². The minimum Gasteiger partial charge on any atom is -0.480 e. The van der Waals surface area contributed by atoms with E-state index in [1.54, 1.807) is 35.2 Å². The van der Waals surface area contributed by atoms with Crippen molar-refractivity contribution in [3.8, 4) is 5.75 Å². The Hall–Kier alpha value is -3.44. The molecule has 3 unspecified atom stereocenters. The molecule has 10 nitrogen and oxygen atoms in total. The number of carboxylic acid groups (broad SMARTS) is 1. The van der Waals surface area contributed by atoms with Crippen molar-refractivity contribution >= 4 is 12.1 Å². The zero-order valence-electron chi connectivity index (χ0n) is 26.2. The maximum absolute atomic E-state index is 13.1. The summed E-state index contributed by atoms with van der Waals surface area (Å²) in [6.45, 7) is 8.69. The summed E-state index contributed by atoms with van der Waals surface area (Å²) in [4.78, 5) is 41.3. The largest absolute Gasteiger partial charge is 0.480 e. The van der Waals surface area contributed by atoms with Gasteiger partial charge < -0.3 is 24.5 Å². The van der Waals surface area contributed by atoms with Crippen LogP contribution in [0.4, 0.5) is 4.79 Å². The summed E-state index contributed by atoms with van der Waals surface area (Å²) in [5.74, 6) is 5.59. The van der Waals surface area contributed by atoms with Crippen LogP contribution < -0.4 is 10.8 Å². The van der Waals surface area contributed by atoms with Gasteiger partial charge >= 0.3 is 12.1 Å². The number of aliphatic carboxylic acids is 1. The smallest absolute Gasteiger partial charge is 0.410 e. The van der Waals surface area contributed by atoms with E-state index in [2.05, 4.69) is 45.6 Å². The number of carbonyl (C=O) groups is 2.